The summed E-state index contributed by atoms with van der Waals surface area (Å²) in [6, 6.07) is 6.12. The van der Waals surface area contributed by atoms with E-state index in [1.54, 1.807) is 6.92 Å². The zero-order chi connectivity index (χ0) is 14.9. The number of rotatable bonds is 3. The van der Waals surface area contributed by atoms with Crippen LogP contribution >= 0.6 is 0 Å². The highest BCUT2D eigenvalue weighted by atomic mass is 19.4. The largest absolute Gasteiger partial charge is 0.573 e. The lowest BCUT2D eigenvalue weighted by molar-refractivity contribution is -0.274. The Bertz CT molecular complexity index is 632. The van der Waals surface area contributed by atoms with E-state index in [1.807, 2.05) is 0 Å². The number of carbonyl (C=O) groups is 1. The second-order valence-electron chi connectivity index (χ2n) is 3.93. The highest BCUT2D eigenvalue weighted by molar-refractivity contribution is 5.86. The van der Waals surface area contributed by atoms with Crippen LogP contribution in [0.5, 0.6) is 5.75 Å². The molecule has 0 atom stereocenters. The average molecular weight is 286 g/mol. The van der Waals surface area contributed by atoms with E-state index in [1.165, 1.54) is 18.2 Å². The maximum atomic E-state index is 12.0. The maximum Gasteiger partial charge on any atom is 0.573 e. The summed E-state index contributed by atoms with van der Waals surface area (Å²) >= 11 is 0. The predicted molar refractivity (Wildman–Crippen MR) is 61.9 cm³/mol. The van der Waals surface area contributed by atoms with Gasteiger partial charge in [0.15, 0.2) is 5.69 Å². The van der Waals surface area contributed by atoms with Crippen LogP contribution < -0.4 is 4.74 Å². The summed E-state index contributed by atoms with van der Waals surface area (Å²) in [6.45, 7) is 1.62. The number of hydrogen-bond donors (Lipinski definition) is 1. The maximum absolute atomic E-state index is 12.0. The van der Waals surface area contributed by atoms with E-state index in [2.05, 4.69) is 9.84 Å². The fourth-order valence-electron chi connectivity index (χ4n) is 1.64. The van der Waals surface area contributed by atoms with Gasteiger partial charge in [0.2, 0.25) is 0 Å². The lowest BCUT2D eigenvalue weighted by Crippen LogP contribution is -2.17. The first-order valence-electron chi connectivity index (χ1n) is 5.42. The molecule has 1 N–H and O–H groups in total. The van der Waals surface area contributed by atoms with Gasteiger partial charge >= 0.3 is 12.3 Å². The molecule has 0 bridgehead atoms. The molecular weight excluding hydrogens is 277 g/mol. The normalized spacial score (nSPS) is 11.4. The van der Waals surface area contributed by atoms with Gasteiger partial charge in [0.05, 0.1) is 11.4 Å². The predicted octanol–water partition coefficient (Wildman–Crippen LogP) is 2.78. The van der Waals surface area contributed by atoms with Gasteiger partial charge in [0.25, 0.3) is 0 Å². The molecule has 0 saturated heterocycles. The highest BCUT2D eigenvalue weighted by Gasteiger charge is 2.31. The Morgan fingerprint density at radius 3 is 2.40 bits per heavy atom. The topological polar surface area (TPSA) is 64.3 Å². The summed E-state index contributed by atoms with van der Waals surface area (Å²) in [7, 11) is 0. The quantitative estimate of drug-likeness (QED) is 0.942. The zero-order valence-electron chi connectivity index (χ0n) is 10.2. The number of benzene rings is 1. The Kier molecular flexibility index (Phi) is 3.39. The van der Waals surface area contributed by atoms with Crippen molar-refractivity contribution >= 4 is 5.97 Å². The summed E-state index contributed by atoms with van der Waals surface area (Å²) in [5, 5.41) is 13.0. The van der Waals surface area contributed by atoms with Crippen molar-refractivity contribution in [2.24, 2.45) is 0 Å². The van der Waals surface area contributed by atoms with Crippen LogP contribution in [0.2, 0.25) is 0 Å². The van der Waals surface area contributed by atoms with Crippen molar-refractivity contribution in [2.45, 2.75) is 13.3 Å². The van der Waals surface area contributed by atoms with Crippen LogP contribution in [0.3, 0.4) is 0 Å². The lowest BCUT2D eigenvalue weighted by Gasteiger charge is -2.09. The Hall–Kier alpha value is -2.51. The van der Waals surface area contributed by atoms with Crippen LogP contribution in [0.1, 0.15) is 16.2 Å². The van der Waals surface area contributed by atoms with Gasteiger partial charge in [0, 0.05) is 0 Å². The van der Waals surface area contributed by atoms with Gasteiger partial charge in [-0.05, 0) is 37.3 Å². The molecule has 0 radical (unpaired) electrons. The van der Waals surface area contributed by atoms with Gasteiger partial charge in [-0.2, -0.15) is 5.10 Å². The highest BCUT2D eigenvalue weighted by Crippen LogP contribution is 2.24. The zero-order valence-corrected chi connectivity index (χ0v) is 10.2. The molecule has 5 nitrogen and oxygen atoms in total. The van der Waals surface area contributed by atoms with Crippen LogP contribution in [-0.2, 0) is 0 Å². The van der Waals surface area contributed by atoms with Gasteiger partial charge in [0.1, 0.15) is 5.75 Å². The molecule has 1 aromatic carbocycles. The van der Waals surface area contributed by atoms with Crippen molar-refractivity contribution in [1.82, 2.24) is 9.78 Å². The summed E-state index contributed by atoms with van der Waals surface area (Å²) in [5.74, 6) is -1.57. The van der Waals surface area contributed by atoms with E-state index in [0.717, 1.165) is 16.8 Å². The monoisotopic (exact) mass is 286 g/mol. The van der Waals surface area contributed by atoms with Crippen LogP contribution in [0, 0.1) is 6.92 Å². The lowest BCUT2D eigenvalue weighted by atomic mass is 10.3. The van der Waals surface area contributed by atoms with E-state index in [0.29, 0.717) is 11.4 Å². The van der Waals surface area contributed by atoms with E-state index < -0.39 is 12.3 Å². The number of hydrogen-bond acceptors (Lipinski definition) is 3. The molecule has 20 heavy (non-hydrogen) atoms. The Balaban J connectivity index is 2.33. The Labute approximate surface area is 111 Å². The fraction of sp³-hybridized carbons (Fsp3) is 0.167. The molecule has 0 fully saturated rings. The number of aryl methyl sites for hydroxylation is 1. The molecule has 0 spiro atoms. The summed E-state index contributed by atoms with van der Waals surface area (Å²) < 4.78 is 40.9. The minimum atomic E-state index is -4.77. The molecular formula is C12H9F3N2O3. The van der Waals surface area contributed by atoms with Gasteiger partial charge in [-0.3, -0.25) is 0 Å². The van der Waals surface area contributed by atoms with Crippen molar-refractivity contribution in [1.29, 1.82) is 0 Å². The SMILES string of the molecule is Cc1cc(C(=O)O)n(-c2ccc(OC(F)(F)F)cc2)n1. The number of alkyl halides is 3. The molecule has 0 aliphatic heterocycles. The number of nitrogens with zero attached hydrogens (tertiary/aromatic N) is 2. The van der Waals surface area contributed by atoms with Crippen molar-refractivity contribution in [3.63, 3.8) is 0 Å². The Morgan fingerprint density at radius 2 is 1.90 bits per heavy atom. The number of carboxylic acids is 1. The van der Waals surface area contributed by atoms with Gasteiger partial charge < -0.3 is 9.84 Å². The summed E-state index contributed by atoms with van der Waals surface area (Å²) in [5.41, 5.74) is 0.732. The fourth-order valence-corrected chi connectivity index (χ4v) is 1.64. The number of carboxylic acid groups (broad SMARTS) is 1. The molecule has 0 unspecified atom stereocenters. The third-order valence-corrected chi connectivity index (χ3v) is 2.37. The Morgan fingerprint density at radius 1 is 1.30 bits per heavy atom. The molecule has 8 heteroatoms. The summed E-state index contributed by atoms with van der Waals surface area (Å²) in [6.07, 6.45) is -4.77. The smallest absolute Gasteiger partial charge is 0.477 e. The van der Waals surface area contributed by atoms with Gasteiger partial charge in [-0.15, -0.1) is 13.2 Å². The minimum absolute atomic E-state index is 0.0769. The second-order valence-corrected chi connectivity index (χ2v) is 3.93. The second kappa shape index (κ2) is 4.87. The molecule has 0 aliphatic rings. The molecule has 2 aromatic rings. The van der Waals surface area contributed by atoms with Crippen LogP contribution in [0.25, 0.3) is 5.69 Å². The molecule has 0 saturated carbocycles. The van der Waals surface area contributed by atoms with E-state index in [4.69, 9.17) is 5.11 Å². The van der Waals surface area contributed by atoms with Crippen LogP contribution in [-0.4, -0.2) is 27.2 Å². The molecule has 2 rings (SSSR count). The van der Waals surface area contributed by atoms with Crippen molar-refractivity contribution in [2.75, 3.05) is 0 Å². The first kappa shape index (κ1) is 13.9. The molecule has 0 aliphatic carbocycles. The van der Waals surface area contributed by atoms with Crippen molar-refractivity contribution < 1.29 is 27.8 Å². The minimum Gasteiger partial charge on any atom is -0.477 e. The van der Waals surface area contributed by atoms with Crippen molar-refractivity contribution in [3.8, 4) is 11.4 Å². The van der Waals surface area contributed by atoms with Crippen molar-refractivity contribution in [3.05, 3.63) is 41.7 Å². The molecule has 1 aromatic heterocycles. The van der Waals surface area contributed by atoms with E-state index in [9.17, 15) is 18.0 Å². The molecule has 106 valence electrons. The molecule has 1 heterocycles. The number of aromatic nitrogens is 2. The number of aromatic carboxylic acids is 1. The average Bonchev–Trinajstić information content (AvgIpc) is 2.70. The first-order valence-corrected chi connectivity index (χ1v) is 5.42. The van der Waals surface area contributed by atoms with Crippen LogP contribution in [0.15, 0.2) is 30.3 Å². The standard InChI is InChI=1S/C12H9F3N2O3/c1-7-6-10(11(18)19)17(16-7)8-2-4-9(5-3-8)20-12(13,14)15/h2-6H,1H3,(H,18,19). The van der Waals surface area contributed by atoms with E-state index >= 15 is 0 Å². The third kappa shape index (κ3) is 3.08. The van der Waals surface area contributed by atoms with E-state index in [-0.39, 0.29) is 11.4 Å². The van der Waals surface area contributed by atoms with Crippen LogP contribution in [0.4, 0.5) is 13.2 Å². The number of halogens is 3. The molecule has 0 amide bonds. The summed E-state index contributed by atoms with van der Waals surface area (Å²) in [4.78, 5) is 11.0. The van der Waals surface area contributed by atoms with Gasteiger partial charge in [-0.25, -0.2) is 9.48 Å². The van der Waals surface area contributed by atoms with Gasteiger partial charge in [-0.1, -0.05) is 0 Å². The third-order valence-electron chi connectivity index (χ3n) is 2.37. The first-order chi connectivity index (χ1) is 9.26. The number of ether oxygens (including phenoxy) is 1.